The van der Waals surface area contributed by atoms with Crippen molar-refractivity contribution in [3.05, 3.63) is 135 Å². The van der Waals surface area contributed by atoms with E-state index in [1.807, 2.05) is 6.08 Å². The van der Waals surface area contributed by atoms with E-state index in [9.17, 15) is 27.9 Å². The minimum atomic E-state index is -4.82. The van der Waals surface area contributed by atoms with Crippen molar-refractivity contribution in [3.8, 4) is 11.5 Å². The molecule has 9 rings (SSSR count). The predicted octanol–water partition coefficient (Wildman–Crippen LogP) is 7.68. The Balaban J connectivity index is 1.20. The molecule has 4 amide bonds. The van der Waals surface area contributed by atoms with Crippen LogP contribution in [0.4, 0.5) is 24.7 Å². The Bertz CT molecular complexity index is 2480. The maximum absolute atomic E-state index is 15.5. The molecule has 3 aliphatic heterocycles. The number of pyridine rings is 1. The molecular weight excluding hydrogens is 784 g/mol. The van der Waals surface area contributed by atoms with E-state index < -0.39 is 76.3 Å². The zero-order valence-corrected chi connectivity index (χ0v) is 31.4. The number of rotatable bonds is 5. The lowest BCUT2D eigenvalue weighted by Gasteiger charge is -2.51. The molecular formula is C42H31Cl2F3N4O6. The lowest BCUT2D eigenvalue weighted by molar-refractivity contribution is -0.141. The number of phenolic OH excluding ortho intramolecular Hbond substituents is 1. The van der Waals surface area contributed by atoms with Crippen LogP contribution >= 0.6 is 23.2 Å². The van der Waals surface area contributed by atoms with Crippen LogP contribution in [0.1, 0.15) is 29.7 Å². The van der Waals surface area contributed by atoms with Crippen molar-refractivity contribution < 1.29 is 42.2 Å². The third-order valence-corrected chi connectivity index (χ3v) is 12.5. The Morgan fingerprint density at radius 3 is 2.42 bits per heavy atom. The summed E-state index contributed by atoms with van der Waals surface area (Å²) in [7, 11) is 1.25. The summed E-state index contributed by atoms with van der Waals surface area (Å²) in [6.45, 7) is 0. The average molecular weight is 816 g/mol. The normalized spacial score (nSPS) is 26.6. The van der Waals surface area contributed by atoms with E-state index in [0.717, 1.165) is 21.0 Å². The number of aromatic nitrogens is 1. The molecule has 3 fully saturated rings. The molecule has 5 aliphatic rings. The van der Waals surface area contributed by atoms with Crippen LogP contribution in [0.25, 0.3) is 0 Å². The van der Waals surface area contributed by atoms with Crippen LogP contribution in [0.15, 0.2) is 108 Å². The summed E-state index contributed by atoms with van der Waals surface area (Å²) in [5.74, 6) is -7.00. The van der Waals surface area contributed by atoms with Gasteiger partial charge in [-0.1, -0.05) is 71.2 Å². The van der Waals surface area contributed by atoms with E-state index in [1.54, 1.807) is 66.9 Å². The molecule has 290 valence electrons. The van der Waals surface area contributed by atoms with Gasteiger partial charge in [0.15, 0.2) is 5.82 Å². The van der Waals surface area contributed by atoms with Gasteiger partial charge in [0.05, 0.1) is 40.1 Å². The van der Waals surface area contributed by atoms with Crippen molar-refractivity contribution in [3.63, 3.8) is 0 Å². The van der Waals surface area contributed by atoms with Gasteiger partial charge < -0.3 is 9.84 Å². The monoisotopic (exact) mass is 814 g/mol. The third kappa shape index (κ3) is 5.49. The number of phenols is 1. The Morgan fingerprint density at radius 1 is 0.912 bits per heavy atom. The Labute approximate surface area is 333 Å². The molecule has 6 unspecified atom stereocenters. The first kappa shape index (κ1) is 36.9. The fourth-order valence-corrected chi connectivity index (χ4v) is 10.2. The minimum Gasteiger partial charge on any atom is -0.508 e. The highest BCUT2D eigenvalue weighted by Crippen LogP contribution is 2.64. The van der Waals surface area contributed by atoms with E-state index in [0.29, 0.717) is 39.1 Å². The minimum absolute atomic E-state index is 0.00406. The number of nitrogens with zero attached hydrogens (tertiary/aromatic N) is 4. The maximum atomic E-state index is 15.5. The number of carbonyl (C=O) groups excluding carboxylic acids is 4. The molecule has 2 aliphatic carbocycles. The van der Waals surface area contributed by atoms with Crippen LogP contribution < -0.4 is 14.6 Å². The van der Waals surface area contributed by atoms with Crippen molar-refractivity contribution in [1.29, 1.82) is 0 Å². The molecule has 1 aromatic heterocycles. The van der Waals surface area contributed by atoms with Crippen LogP contribution in [0, 0.1) is 29.6 Å². The molecule has 3 aromatic carbocycles. The van der Waals surface area contributed by atoms with E-state index in [2.05, 4.69) is 4.98 Å². The molecule has 15 heteroatoms. The number of hydrogen-bond donors (Lipinski definition) is 1. The van der Waals surface area contributed by atoms with Gasteiger partial charge in [-0.3, -0.25) is 24.2 Å². The first-order valence-corrected chi connectivity index (χ1v) is 18.9. The lowest BCUT2D eigenvalue weighted by atomic mass is 9.48. The highest BCUT2D eigenvalue weighted by Gasteiger charge is 2.71. The number of carbonyl (C=O) groups is 4. The number of hydrazine groups is 1. The molecule has 57 heavy (non-hydrogen) atoms. The number of benzene rings is 3. The molecule has 1 N–H and O–H groups in total. The highest BCUT2D eigenvalue weighted by atomic mass is 35.5. The van der Waals surface area contributed by atoms with Gasteiger partial charge in [0, 0.05) is 30.0 Å². The SMILES string of the molecule is CN(c1nc(C(F)(F)F)ccc1Cl)N1C(=O)C2CC=C3C(CC4C(=O)N(c5cccc(Cl)c5)C(=O)C4(c4ccccc4)C3C3=COc4ccc(O)cc4C3)C2C1=O. The Kier molecular flexibility index (Phi) is 8.56. The molecule has 4 heterocycles. The number of anilines is 2. The van der Waals surface area contributed by atoms with Crippen LogP contribution in [0.5, 0.6) is 11.5 Å². The second-order valence-corrected chi connectivity index (χ2v) is 15.7. The van der Waals surface area contributed by atoms with E-state index in [-0.39, 0.29) is 35.7 Å². The van der Waals surface area contributed by atoms with Gasteiger partial charge in [0.1, 0.15) is 17.2 Å². The summed E-state index contributed by atoms with van der Waals surface area (Å²) < 4.78 is 47.3. The lowest BCUT2D eigenvalue weighted by Crippen LogP contribution is -2.55. The molecule has 10 nitrogen and oxygen atoms in total. The third-order valence-electron chi connectivity index (χ3n) is 12.0. The van der Waals surface area contributed by atoms with Gasteiger partial charge in [-0.05, 0) is 78.4 Å². The molecule has 0 radical (unpaired) electrons. The first-order chi connectivity index (χ1) is 27.2. The average Bonchev–Trinajstić information content (AvgIpc) is 3.58. The van der Waals surface area contributed by atoms with Gasteiger partial charge in [0.25, 0.3) is 11.8 Å². The summed E-state index contributed by atoms with van der Waals surface area (Å²) in [6.07, 6.45) is -1.13. The second-order valence-electron chi connectivity index (χ2n) is 14.9. The number of imide groups is 2. The van der Waals surface area contributed by atoms with Crippen molar-refractivity contribution in [2.24, 2.45) is 29.6 Å². The standard InChI is InChI=1S/C42H31Cl2F3N4O6/c1-49(36-31(44)13-15-33(48-36)42(45,46)47)51-37(53)28-12-11-27-29(34(28)39(51)55)19-30-38(54)50(25-9-5-8-24(43)18-25)40(56)41(30,23-6-3-2-4-7-23)35(27)22-16-21-17-26(52)10-14-32(21)57-20-22/h2-11,13-15,17-18,20,28-30,34-35,52H,12,16,19H2,1H3. The second kappa shape index (κ2) is 13.2. The molecule has 0 spiro atoms. The zero-order valence-electron chi connectivity index (χ0n) is 29.9. The summed E-state index contributed by atoms with van der Waals surface area (Å²) in [6, 6.07) is 21.8. The number of alkyl halides is 3. The molecule has 0 bridgehead atoms. The number of hydrogen-bond acceptors (Lipinski definition) is 8. The number of ether oxygens (including phenoxy) is 1. The molecule has 6 atom stereocenters. The molecule has 2 saturated heterocycles. The maximum Gasteiger partial charge on any atom is 0.433 e. The van der Waals surface area contributed by atoms with E-state index in [4.69, 9.17) is 27.9 Å². The number of amides is 4. The van der Waals surface area contributed by atoms with Gasteiger partial charge in [0.2, 0.25) is 11.8 Å². The zero-order chi connectivity index (χ0) is 40.1. The number of halogens is 5. The van der Waals surface area contributed by atoms with Gasteiger partial charge in [-0.25, -0.2) is 9.88 Å². The Morgan fingerprint density at radius 2 is 1.68 bits per heavy atom. The fraction of sp³-hybridized carbons (Fsp3) is 0.262. The summed E-state index contributed by atoms with van der Waals surface area (Å²) in [5, 5.41) is 12.3. The van der Waals surface area contributed by atoms with Crippen molar-refractivity contribution in [1.82, 2.24) is 9.99 Å². The van der Waals surface area contributed by atoms with Crippen molar-refractivity contribution >= 4 is 58.3 Å². The quantitative estimate of drug-likeness (QED) is 0.161. The van der Waals surface area contributed by atoms with Crippen molar-refractivity contribution in [2.75, 3.05) is 17.0 Å². The smallest absolute Gasteiger partial charge is 0.433 e. The number of aromatic hydroxyl groups is 1. The van der Waals surface area contributed by atoms with Crippen LogP contribution in [0.3, 0.4) is 0 Å². The van der Waals surface area contributed by atoms with Gasteiger partial charge >= 0.3 is 6.18 Å². The topological polar surface area (TPSA) is 120 Å². The van der Waals surface area contributed by atoms with E-state index in [1.165, 1.54) is 19.2 Å². The van der Waals surface area contributed by atoms with Gasteiger partial charge in [-0.2, -0.15) is 18.2 Å². The van der Waals surface area contributed by atoms with Crippen molar-refractivity contribution in [2.45, 2.75) is 30.9 Å². The molecule has 4 aromatic rings. The number of allylic oxidation sites excluding steroid dienone is 3. The van der Waals surface area contributed by atoms with Crippen LogP contribution in [0.2, 0.25) is 10.0 Å². The van der Waals surface area contributed by atoms with E-state index >= 15 is 9.59 Å². The van der Waals surface area contributed by atoms with Crippen LogP contribution in [-0.4, -0.2) is 45.8 Å². The fourth-order valence-electron chi connectivity index (χ4n) is 9.75. The highest BCUT2D eigenvalue weighted by molar-refractivity contribution is 6.33. The summed E-state index contributed by atoms with van der Waals surface area (Å²) in [4.78, 5) is 64.2. The Hall–Kier alpha value is -5.66. The summed E-state index contributed by atoms with van der Waals surface area (Å²) >= 11 is 12.7. The summed E-state index contributed by atoms with van der Waals surface area (Å²) in [5.41, 5.74) is -0.0824. The van der Waals surface area contributed by atoms with Crippen LogP contribution in [-0.2, 0) is 37.2 Å². The number of fused-ring (bicyclic) bond motifs is 5. The molecule has 1 saturated carbocycles. The predicted molar refractivity (Wildman–Crippen MR) is 202 cm³/mol. The first-order valence-electron chi connectivity index (χ1n) is 18.1. The largest absolute Gasteiger partial charge is 0.508 e. The van der Waals surface area contributed by atoms with Gasteiger partial charge in [-0.15, -0.1) is 0 Å².